The summed E-state index contributed by atoms with van der Waals surface area (Å²) in [6, 6.07) is 10.4. The van der Waals surface area contributed by atoms with Crippen LogP contribution < -0.4 is 5.56 Å². The van der Waals surface area contributed by atoms with Gasteiger partial charge in [-0.2, -0.15) is 4.68 Å². The molecule has 2 aliphatic rings. The lowest BCUT2D eigenvalue weighted by atomic mass is 10.0. The van der Waals surface area contributed by atoms with Gasteiger partial charge in [0.05, 0.1) is 23.6 Å². The van der Waals surface area contributed by atoms with Crippen molar-refractivity contribution in [3.8, 4) is 28.1 Å². The molecule has 0 amide bonds. The number of thiophene rings is 1. The number of hydrogen-bond acceptors (Lipinski definition) is 11. The lowest BCUT2D eigenvalue weighted by molar-refractivity contribution is 0.0253. The number of benzene rings is 1. The SMILES string of the molecule is CC1OC(=O)OC1COC(=O)c1cc(-c2cnc([C@@H]3CCc4cc(-c5cc(Cl)ccc5-n5cnnn5)cc(=O)n43)[nH]2)cs1. The Kier molecular flexibility index (Phi) is 6.78. The van der Waals surface area contributed by atoms with E-state index in [1.807, 2.05) is 17.5 Å². The van der Waals surface area contributed by atoms with E-state index in [-0.39, 0.29) is 18.2 Å². The summed E-state index contributed by atoms with van der Waals surface area (Å²) in [5.74, 6) is 0.120. The minimum Gasteiger partial charge on any atom is -0.457 e. The van der Waals surface area contributed by atoms with Crippen molar-refractivity contribution in [1.82, 2.24) is 34.7 Å². The summed E-state index contributed by atoms with van der Waals surface area (Å²) in [6.07, 6.45) is 2.64. The van der Waals surface area contributed by atoms with Gasteiger partial charge in [0, 0.05) is 33.3 Å². The number of H-pyrrole nitrogens is 1. The van der Waals surface area contributed by atoms with Crippen LogP contribution in [0.5, 0.6) is 0 Å². The maximum absolute atomic E-state index is 13.5. The number of tetrazole rings is 1. The molecule has 2 aliphatic heterocycles. The first-order chi connectivity index (χ1) is 20.8. The topological polar surface area (TPSA) is 156 Å². The highest BCUT2D eigenvalue weighted by Crippen LogP contribution is 2.35. The highest BCUT2D eigenvalue weighted by Gasteiger charge is 2.34. The summed E-state index contributed by atoms with van der Waals surface area (Å²) in [5, 5.41) is 13.8. The van der Waals surface area contributed by atoms with Crippen LogP contribution in [0.25, 0.3) is 28.1 Å². The van der Waals surface area contributed by atoms with Gasteiger partial charge in [0.1, 0.15) is 29.7 Å². The van der Waals surface area contributed by atoms with E-state index < -0.39 is 24.3 Å². The minimum absolute atomic E-state index is 0.0962. The number of aromatic nitrogens is 7. The number of esters is 1. The number of nitrogens with zero attached hydrogens (tertiary/aromatic N) is 6. The van der Waals surface area contributed by atoms with Gasteiger partial charge in [-0.05, 0) is 66.1 Å². The third-order valence-corrected chi connectivity index (χ3v) is 8.60. The van der Waals surface area contributed by atoms with Crippen LogP contribution in [-0.4, -0.2) is 65.7 Å². The zero-order valence-corrected chi connectivity index (χ0v) is 24.0. The summed E-state index contributed by atoms with van der Waals surface area (Å²) in [4.78, 5) is 45.6. The monoisotopic (exact) mass is 619 g/mol. The lowest BCUT2D eigenvalue weighted by Gasteiger charge is -2.15. The lowest BCUT2D eigenvalue weighted by Crippen LogP contribution is -2.26. The normalized spacial score (nSPS) is 19.2. The van der Waals surface area contributed by atoms with Crippen LogP contribution in [0.1, 0.15) is 40.6 Å². The number of carbonyl (C=O) groups excluding carboxylic acids is 2. The predicted octanol–water partition coefficient (Wildman–Crippen LogP) is 4.21. The molecule has 218 valence electrons. The molecular weight excluding hydrogens is 598 g/mol. The number of cyclic esters (lactones) is 2. The summed E-state index contributed by atoms with van der Waals surface area (Å²) >= 11 is 7.54. The standard InChI is InChI=1S/C28H22ClN7O6S/c1-14-23(42-28(39)41-14)11-40-27(38)24-7-16(12-43-24)20-10-30-26(32-20)22-5-3-18-6-15(8-25(37)36(18)22)19-9-17(29)2-4-21(19)35-13-31-33-34-35/h2,4,6-10,12-14,22-23H,3,5,11H2,1H3,(H,30,32)/t14?,22-,23?/m0/s1. The number of carbonyl (C=O) groups is 2. The summed E-state index contributed by atoms with van der Waals surface area (Å²) in [5.41, 5.74) is 4.34. The van der Waals surface area contributed by atoms with Crippen molar-refractivity contribution in [1.29, 1.82) is 0 Å². The average Bonchev–Trinajstić information content (AvgIpc) is 3.81. The van der Waals surface area contributed by atoms with Crippen molar-refractivity contribution in [2.45, 2.75) is 38.0 Å². The first-order valence-electron chi connectivity index (χ1n) is 13.3. The Morgan fingerprint density at radius 2 is 2.07 bits per heavy atom. The number of aryl methyl sites for hydroxylation is 1. The van der Waals surface area contributed by atoms with Crippen molar-refractivity contribution in [2.24, 2.45) is 0 Å². The Morgan fingerprint density at radius 1 is 1.19 bits per heavy atom. The fourth-order valence-electron chi connectivity index (χ4n) is 5.33. The molecule has 4 aromatic heterocycles. The molecule has 1 fully saturated rings. The number of pyridine rings is 1. The van der Waals surface area contributed by atoms with Crippen molar-refractivity contribution >= 4 is 35.1 Å². The molecule has 0 saturated carbocycles. The molecule has 0 bridgehead atoms. The number of nitrogens with one attached hydrogen (secondary N) is 1. The van der Waals surface area contributed by atoms with Crippen LogP contribution in [0.15, 0.2) is 59.1 Å². The Labute approximate surface area is 252 Å². The van der Waals surface area contributed by atoms with Gasteiger partial charge < -0.3 is 23.8 Å². The Bertz CT molecular complexity index is 1920. The van der Waals surface area contributed by atoms with E-state index in [9.17, 15) is 14.4 Å². The van der Waals surface area contributed by atoms with E-state index in [0.29, 0.717) is 39.9 Å². The van der Waals surface area contributed by atoms with E-state index in [0.717, 1.165) is 22.4 Å². The number of fused-ring (bicyclic) bond motifs is 1. The van der Waals surface area contributed by atoms with Crippen LogP contribution in [0.3, 0.4) is 0 Å². The second-order valence-electron chi connectivity index (χ2n) is 10.1. The molecule has 3 atom stereocenters. The van der Waals surface area contributed by atoms with Crippen molar-refractivity contribution in [3.63, 3.8) is 0 Å². The smallest absolute Gasteiger partial charge is 0.457 e. The number of rotatable bonds is 7. The number of ether oxygens (including phenoxy) is 3. The first-order valence-corrected chi connectivity index (χ1v) is 14.6. The molecule has 13 nitrogen and oxygen atoms in total. The molecule has 1 N–H and O–H groups in total. The second-order valence-corrected chi connectivity index (χ2v) is 11.5. The number of halogens is 1. The van der Waals surface area contributed by atoms with E-state index >= 15 is 0 Å². The quantitative estimate of drug-likeness (QED) is 0.262. The molecular formula is C28H22ClN7O6S. The Balaban J connectivity index is 1.10. The summed E-state index contributed by atoms with van der Waals surface area (Å²) in [7, 11) is 0. The van der Waals surface area contributed by atoms with Gasteiger partial charge in [0.2, 0.25) is 0 Å². The Hall–Kier alpha value is -4.82. The fourth-order valence-corrected chi connectivity index (χ4v) is 6.30. The first kappa shape index (κ1) is 27.0. The van der Waals surface area contributed by atoms with Gasteiger partial charge in [-0.3, -0.25) is 4.79 Å². The second kappa shape index (κ2) is 10.8. The van der Waals surface area contributed by atoms with Gasteiger partial charge >= 0.3 is 12.1 Å². The molecule has 0 spiro atoms. The molecule has 15 heteroatoms. The van der Waals surface area contributed by atoms with Crippen LogP contribution >= 0.6 is 22.9 Å². The minimum atomic E-state index is -0.772. The zero-order valence-electron chi connectivity index (χ0n) is 22.5. The molecule has 7 rings (SSSR count). The number of aromatic amines is 1. The molecule has 6 heterocycles. The van der Waals surface area contributed by atoms with Gasteiger partial charge in [-0.1, -0.05) is 11.6 Å². The average molecular weight is 620 g/mol. The molecule has 1 aromatic carbocycles. The molecule has 5 aromatic rings. The van der Waals surface area contributed by atoms with Gasteiger partial charge in [-0.15, -0.1) is 16.4 Å². The highest BCUT2D eigenvalue weighted by molar-refractivity contribution is 7.12. The number of imidazole rings is 1. The summed E-state index contributed by atoms with van der Waals surface area (Å²) < 4.78 is 18.5. The van der Waals surface area contributed by atoms with Gasteiger partial charge in [0.15, 0.2) is 6.10 Å². The molecule has 0 radical (unpaired) electrons. The third kappa shape index (κ3) is 5.08. The zero-order chi connectivity index (χ0) is 29.7. The third-order valence-electron chi connectivity index (χ3n) is 7.45. The molecule has 43 heavy (non-hydrogen) atoms. The van der Waals surface area contributed by atoms with Crippen molar-refractivity contribution in [2.75, 3.05) is 6.61 Å². The maximum Gasteiger partial charge on any atom is 0.509 e. The van der Waals surface area contributed by atoms with E-state index in [2.05, 4.69) is 25.5 Å². The van der Waals surface area contributed by atoms with Crippen LogP contribution in [0.2, 0.25) is 5.02 Å². The predicted molar refractivity (Wildman–Crippen MR) is 153 cm³/mol. The van der Waals surface area contributed by atoms with Crippen LogP contribution in [0.4, 0.5) is 4.79 Å². The van der Waals surface area contributed by atoms with Crippen LogP contribution in [-0.2, 0) is 20.6 Å². The van der Waals surface area contributed by atoms with Gasteiger partial charge in [-0.25, -0.2) is 14.6 Å². The van der Waals surface area contributed by atoms with Gasteiger partial charge in [0.25, 0.3) is 5.56 Å². The van der Waals surface area contributed by atoms with E-state index in [1.165, 1.54) is 22.3 Å². The van der Waals surface area contributed by atoms with Crippen molar-refractivity contribution in [3.05, 3.63) is 86.1 Å². The highest BCUT2D eigenvalue weighted by atomic mass is 35.5. The maximum atomic E-state index is 13.5. The van der Waals surface area contributed by atoms with E-state index in [4.69, 9.17) is 25.8 Å². The Morgan fingerprint density at radius 3 is 2.86 bits per heavy atom. The molecule has 2 unspecified atom stereocenters. The fraction of sp³-hybridized carbons (Fsp3) is 0.250. The number of hydrogen-bond donors (Lipinski definition) is 1. The van der Waals surface area contributed by atoms with E-state index in [1.54, 1.807) is 42.0 Å². The van der Waals surface area contributed by atoms with Crippen molar-refractivity contribution < 1.29 is 23.8 Å². The summed E-state index contributed by atoms with van der Waals surface area (Å²) in [6.45, 7) is 1.58. The van der Waals surface area contributed by atoms with Crippen LogP contribution in [0, 0.1) is 0 Å². The molecule has 0 aliphatic carbocycles. The molecule has 1 saturated heterocycles. The largest absolute Gasteiger partial charge is 0.509 e.